The highest BCUT2D eigenvalue weighted by atomic mass is 16.6. The first-order valence-corrected chi connectivity index (χ1v) is 14.4. The van der Waals surface area contributed by atoms with Crippen molar-refractivity contribution >= 4 is 11.8 Å². The Morgan fingerprint density at radius 3 is 2.17 bits per heavy atom. The Hall–Kier alpha value is -4.08. The van der Waals surface area contributed by atoms with Crippen molar-refractivity contribution in [2.24, 2.45) is 5.92 Å². The maximum atomic E-state index is 13.7. The lowest BCUT2D eigenvalue weighted by Gasteiger charge is -2.47. The molecule has 2 atom stereocenters. The van der Waals surface area contributed by atoms with Crippen molar-refractivity contribution in [2.75, 3.05) is 26.3 Å². The van der Waals surface area contributed by atoms with Gasteiger partial charge in [-0.2, -0.15) is 0 Å². The van der Waals surface area contributed by atoms with E-state index >= 15 is 0 Å². The first kappa shape index (κ1) is 29.4. The standard InChI is InChI=1S/C33H36N2O7/c36-31(30-12-7-17-34(30)33(22-35(38)39)23-40-24-33)19-28(32(37)42-21-27-10-5-2-6-11-27)18-25-13-15-29(16-14-25)41-20-26-8-3-1-4-9-26/h1-6,8-11,13-16,28,30H,7,12,17-24H2/t28-,30+/m1/s1. The first-order valence-electron chi connectivity index (χ1n) is 14.4. The van der Waals surface area contributed by atoms with E-state index in [1.165, 1.54) is 0 Å². The summed E-state index contributed by atoms with van der Waals surface area (Å²) in [4.78, 5) is 40.1. The molecule has 0 bridgehead atoms. The van der Waals surface area contributed by atoms with Crippen LogP contribution in [0, 0.1) is 16.0 Å². The Morgan fingerprint density at radius 2 is 1.57 bits per heavy atom. The fraction of sp³-hybridized carbons (Fsp3) is 0.394. The van der Waals surface area contributed by atoms with Crippen LogP contribution in [0.15, 0.2) is 84.9 Å². The number of rotatable bonds is 14. The smallest absolute Gasteiger partial charge is 0.310 e. The van der Waals surface area contributed by atoms with Crippen LogP contribution in [0.2, 0.25) is 0 Å². The van der Waals surface area contributed by atoms with Gasteiger partial charge in [-0.1, -0.05) is 72.8 Å². The number of ether oxygens (including phenoxy) is 3. The van der Waals surface area contributed by atoms with Crippen molar-refractivity contribution in [1.29, 1.82) is 0 Å². The summed E-state index contributed by atoms with van der Waals surface area (Å²) in [5.41, 5.74) is 2.05. The second-order valence-electron chi connectivity index (χ2n) is 11.1. The lowest BCUT2D eigenvalue weighted by atomic mass is 9.89. The molecular weight excluding hydrogens is 536 g/mol. The second-order valence-corrected chi connectivity index (χ2v) is 11.1. The van der Waals surface area contributed by atoms with Crippen LogP contribution in [0.25, 0.3) is 0 Å². The molecule has 0 N–H and O–H groups in total. The van der Waals surface area contributed by atoms with Gasteiger partial charge in [-0.3, -0.25) is 24.6 Å². The molecule has 2 aliphatic heterocycles. The molecule has 5 rings (SSSR count). The molecule has 3 aromatic carbocycles. The van der Waals surface area contributed by atoms with Crippen molar-refractivity contribution in [3.8, 4) is 5.75 Å². The molecule has 2 aliphatic rings. The fourth-order valence-corrected chi connectivity index (χ4v) is 5.81. The van der Waals surface area contributed by atoms with Crippen molar-refractivity contribution in [2.45, 2.75) is 50.5 Å². The number of nitro groups is 1. The third kappa shape index (κ3) is 7.40. The van der Waals surface area contributed by atoms with Crippen LogP contribution in [-0.4, -0.2) is 59.5 Å². The third-order valence-electron chi connectivity index (χ3n) is 8.06. The monoisotopic (exact) mass is 572 g/mol. The molecule has 2 saturated heterocycles. The van der Waals surface area contributed by atoms with E-state index in [2.05, 4.69) is 0 Å². The number of esters is 1. The SMILES string of the molecule is O=C(OCc1ccccc1)[C@@H](CC(=O)[C@@H]1CCCN1C1(C[N+](=O)[O-])COC1)Cc1ccc(OCc2ccccc2)cc1. The summed E-state index contributed by atoms with van der Waals surface area (Å²) in [7, 11) is 0. The van der Waals surface area contributed by atoms with E-state index in [9.17, 15) is 19.7 Å². The number of hydrogen-bond acceptors (Lipinski definition) is 8. The van der Waals surface area contributed by atoms with Gasteiger partial charge in [0.2, 0.25) is 6.54 Å². The van der Waals surface area contributed by atoms with Crippen molar-refractivity contribution < 1.29 is 28.7 Å². The van der Waals surface area contributed by atoms with Crippen LogP contribution in [0.4, 0.5) is 0 Å². The Morgan fingerprint density at radius 1 is 0.929 bits per heavy atom. The van der Waals surface area contributed by atoms with Crippen LogP contribution in [-0.2, 0) is 38.7 Å². The van der Waals surface area contributed by atoms with Gasteiger partial charge in [-0.25, -0.2) is 0 Å². The molecule has 0 spiro atoms. The highest BCUT2D eigenvalue weighted by molar-refractivity contribution is 5.88. The molecule has 9 nitrogen and oxygen atoms in total. The highest BCUT2D eigenvalue weighted by Gasteiger charge is 2.53. The summed E-state index contributed by atoms with van der Waals surface area (Å²) in [5, 5.41) is 11.4. The molecule has 2 heterocycles. The molecule has 0 amide bonds. The third-order valence-corrected chi connectivity index (χ3v) is 8.06. The Kier molecular flexibility index (Phi) is 9.61. The van der Waals surface area contributed by atoms with Crippen LogP contribution in [0.5, 0.6) is 5.75 Å². The zero-order valence-corrected chi connectivity index (χ0v) is 23.6. The maximum absolute atomic E-state index is 13.7. The van der Waals surface area contributed by atoms with Gasteiger partial charge >= 0.3 is 5.97 Å². The maximum Gasteiger partial charge on any atom is 0.310 e. The largest absolute Gasteiger partial charge is 0.489 e. The molecular formula is C33H36N2O7. The summed E-state index contributed by atoms with van der Waals surface area (Å²) < 4.78 is 16.9. The van der Waals surface area contributed by atoms with Crippen LogP contribution < -0.4 is 4.74 Å². The Bertz CT molecular complexity index is 1340. The molecule has 0 unspecified atom stereocenters. The quantitative estimate of drug-likeness (QED) is 0.156. The van der Waals surface area contributed by atoms with Gasteiger partial charge in [0.1, 0.15) is 24.5 Å². The summed E-state index contributed by atoms with van der Waals surface area (Å²) in [6, 6.07) is 26.4. The van der Waals surface area contributed by atoms with Crippen LogP contribution in [0.3, 0.4) is 0 Å². The zero-order chi connectivity index (χ0) is 29.4. The van der Waals surface area contributed by atoms with Crippen molar-refractivity contribution in [1.82, 2.24) is 4.90 Å². The lowest BCUT2D eigenvalue weighted by Crippen LogP contribution is -2.67. The topological polar surface area (TPSA) is 108 Å². The van der Waals surface area contributed by atoms with E-state index in [4.69, 9.17) is 14.2 Å². The van der Waals surface area contributed by atoms with E-state index in [0.717, 1.165) is 23.1 Å². The molecule has 0 radical (unpaired) electrons. The Labute approximate surface area is 245 Å². The lowest BCUT2D eigenvalue weighted by molar-refractivity contribution is -0.505. The van der Waals surface area contributed by atoms with Gasteiger partial charge < -0.3 is 14.2 Å². The second kappa shape index (κ2) is 13.7. The average molecular weight is 573 g/mol. The van der Waals surface area contributed by atoms with Crippen molar-refractivity contribution in [3.05, 3.63) is 112 Å². The fourth-order valence-electron chi connectivity index (χ4n) is 5.81. The van der Waals surface area contributed by atoms with Crippen LogP contribution >= 0.6 is 0 Å². The van der Waals surface area contributed by atoms with Gasteiger partial charge in [0, 0.05) is 11.3 Å². The average Bonchev–Trinajstić information content (AvgIpc) is 3.48. The molecule has 0 aromatic heterocycles. The van der Waals surface area contributed by atoms with E-state index in [-0.39, 0.29) is 43.5 Å². The summed E-state index contributed by atoms with van der Waals surface area (Å²) in [6.07, 6.45) is 1.70. The predicted molar refractivity (Wildman–Crippen MR) is 155 cm³/mol. The number of ketones is 1. The zero-order valence-electron chi connectivity index (χ0n) is 23.6. The minimum atomic E-state index is -0.765. The van der Waals surface area contributed by atoms with Gasteiger partial charge in [0.15, 0.2) is 5.78 Å². The summed E-state index contributed by atoms with van der Waals surface area (Å²) in [6.45, 7) is 1.37. The van der Waals surface area contributed by atoms with Gasteiger partial charge in [0.05, 0.1) is 25.2 Å². The molecule has 0 aliphatic carbocycles. The summed E-state index contributed by atoms with van der Waals surface area (Å²) in [5.74, 6) is -0.508. The minimum absolute atomic E-state index is 0.00352. The molecule has 0 saturated carbocycles. The van der Waals surface area contributed by atoms with E-state index in [1.807, 2.05) is 89.8 Å². The minimum Gasteiger partial charge on any atom is -0.489 e. The normalized spacial score (nSPS) is 18.5. The predicted octanol–water partition coefficient (Wildman–Crippen LogP) is 4.64. The molecule has 42 heavy (non-hydrogen) atoms. The number of nitrogens with zero attached hydrogens (tertiary/aromatic N) is 2. The van der Waals surface area contributed by atoms with Gasteiger partial charge in [-0.15, -0.1) is 0 Å². The number of carbonyl (C=O) groups excluding carboxylic acids is 2. The molecule has 2 fully saturated rings. The number of hydrogen-bond donors (Lipinski definition) is 0. The molecule has 3 aromatic rings. The van der Waals surface area contributed by atoms with Gasteiger partial charge in [-0.05, 0) is 54.6 Å². The number of benzene rings is 3. The Balaban J connectivity index is 1.27. The van der Waals surface area contributed by atoms with Crippen LogP contribution in [0.1, 0.15) is 36.0 Å². The van der Waals surface area contributed by atoms with E-state index in [1.54, 1.807) is 0 Å². The van der Waals surface area contributed by atoms with Gasteiger partial charge in [0.25, 0.3) is 0 Å². The molecule has 9 heteroatoms. The summed E-state index contributed by atoms with van der Waals surface area (Å²) >= 11 is 0. The first-order chi connectivity index (χ1) is 20.4. The number of carbonyl (C=O) groups is 2. The van der Waals surface area contributed by atoms with Crippen molar-refractivity contribution in [3.63, 3.8) is 0 Å². The van der Waals surface area contributed by atoms with E-state index < -0.39 is 23.5 Å². The van der Waals surface area contributed by atoms with E-state index in [0.29, 0.717) is 31.7 Å². The number of likely N-dealkylation sites (tertiary alicyclic amines) is 1. The molecule has 220 valence electrons. The highest BCUT2D eigenvalue weighted by Crippen LogP contribution is 2.34. The number of Topliss-reactive ketones (excluding diaryl/α,β-unsaturated/α-hetero) is 1.